The van der Waals surface area contributed by atoms with E-state index in [1.165, 1.54) is 0 Å². The molecule has 1 heterocycles. The number of amidine groups is 1. The van der Waals surface area contributed by atoms with Gasteiger partial charge in [0, 0.05) is 23.1 Å². The van der Waals surface area contributed by atoms with E-state index in [1.54, 1.807) is 19.1 Å². The van der Waals surface area contributed by atoms with Crippen molar-refractivity contribution in [2.75, 3.05) is 6.61 Å². The zero-order valence-corrected chi connectivity index (χ0v) is 16.8. The number of ether oxygens (including phenoxy) is 1. The molecule has 0 atom stereocenters. The molecule has 0 saturated carbocycles. The highest BCUT2D eigenvalue weighted by atomic mass is 35.5. The zero-order chi connectivity index (χ0) is 18.0. The summed E-state index contributed by atoms with van der Waals surface area (Å²) >= 11 is 12.2. The van der Waals surface area contributed by atoms with Gasteiger partial charge >= 0.3 is 5.97 Å². The van der Waals surface area contributed by atoms with Crippen molar-refractivity contribution in [3.05, 3.63) is 63.1 Å². The van der Waals surface area contributed by atoms with E-state index in [-0.39, 0.29) is 18.4 Å². The maximum absolute atomic E-state index is 11.9. The van der Waals surface area contributed by atoms with Crippen LogP contribution >= 0.6 is 35.6 Å². The Hall–Kier alpha value is -1.75. The van der Waals surface area contributed by atoms with Crippen molar-refractivity contribution in [2.24, 2.45) is 4.99 Å². The fraction of sp³-hybridized carbons (Fsp3) is 0.263. The van der Waals surface area contributed by atoms with Crippen molar-refractivity contribution in [2.45, 2.75) is 26.9 Å². The van der Waals surface area contributed by atoms with Crippen LogP contribution in [-0.4, -0.2) is 23.3 Å². The van der Waals surface area contributed by atoms with Gasteiger partial charge in [-0.25, -0.2) is 9.79 Å². The van der Waals surface area contributed by atoms with Crippen LogP contribution in [0.4, 0.5) is 5.69 Å². The molecule has 4 nitrogen and oxygen atoms in total. The highest BCUT2D eigenvalue weighted by Crippen LogP contribution is 2.30. The number of carbonyl (C=O) groups excluding carboxylic acids is 1. The average Bonchev–Trinajstić information content (AvgIpc) is 2.57. The van der Waals surface area contributed by atoms with Crippen LogP contribution in [0.2, 0.25) is 10.0 Å². The van der Waals surface area contributed by atoms with Crippen molar-refractivity contribution in [1.82, 2.24) is 4.90 Å². The molecule has 0 aromatic heterocycles. The predicted octanol–water partition coefficient (Wildman–Crippen LogP) is 5.66. The minimum atomic E-state index is -0.316. The lowest BCUT2D eigenvalue weighted by Crippen LogP contribution is -2.30. The highest BCUT2D eigenvalue weighted by Gasteiger charge is 2.20. The van der Waals surface area contributed by atoms with Crippen LogP contribution in [0.5, 0.6) is 0 Å². The summed E-state index contributed by atoms with van der Waals surface area (Å²) in [4.78, 5) is 18.7. The van der Waals surface area contributed by atoms with Crippen molar-refractivity contribution in [3.8, 4) is 0 Å². The van der Waals surface area contributed by atoms with Crippen molar-refractivity contribution in [3.63, 3.8) is 0 Å². The first-order chi connectivity index (χ1) is 12.0. The Labute approximate surface area is 169 Å². The summed E-state index contributed by atoms with van der Waals surface area (Å²) in [6, 6.07) is 10.9. The summed E-state index contributed by atoms with van der Waals surface area (Å²) in [5.74, 6) is 0.589. The van der Waals surface area contributed by atoms with E-state index < -0.39 is 0 Å². The Morgan fingerprint density at radius 3 is 2.69 bits per heavy atom. The molecule has 2 aromatic carbocycles. The number of hydrogen-bond acceptors (Lipinski definition) is 4. The second kappa shape index (κ2) is 8.76. The molecule has 0 saturated heterocycles. The smallest absolute Gasteiger partial charge is 0.338 e. The Bertz CT molecular complexity index is 853. The lowest BCUT2D eigenvalue weighted by molar-refractivity contribution is 0.0526. The van der Waals surface area contributed by atoms with Crippen LogP contribution in [0.25, 0.3) is 0 Å². The average molecular weight is 414 g/mol. The zero-order valence-electron chi connectivity index (χ0n) is 14.5. The van der Waals surface area contributed by atoms with E-state index in [0.717, 1.165) is 22.6 Å². The van der Waals surface area contributed by atoms with Gasteiger partial charge in [-0.05, 0) is 55.3 Å². The molecule has 26 heavy (non-hydrogen) atoms. The van der Waals surface area contributed by atoms with E-state index in [9.17, 15) is 4.79 Å². The normalized spacial score (nSPS) is 12.8. The van der Waals surface area contributed by atoms with Crippen LogP contribution in [0, 0.1) is 0 Å². The van der Waals surface area contributed by atoms with Crippen LogP contribution in [-0.2, 0) is 17.8 Å². The molecule has 138 valence electrons. The predicted molar refractivity (Wildman–Crippen MR) is 108 cm³/mol. The summed E-state index contributed by atoms with van der Waals surface area (Å²) in [7, 11) is 0. The largest absolute Gasteiger partial charge is 0.462 e. The molecule has 2 aromatic rings. The third-order valence-corrected chi connectivity index (χ3v) is 4.66. The molecule has 0 aliphatic carbocycles. The standard InChI is InChI=1S/C19H18Cl2N2O2.ClH/c1-3-25-19(24)13-5-7-18-15(8-13)11-23(12(2)22-18)10-14-4-6-16(20)9-17(14)21;/h4-9H,3,10-11H2,1-2H3;1H. The summed E-state index contributed by atoms with van der Waals surface area (Å²) in [6.07, 6.45) is 0. The van der Waals surface area contributed by atoms with E-state index in [2.05, 4.69) is 9.89 Å². The Morgan fingerprint density at radius 2 is 2.00 bits per heavy atom. The van der Waals surface area contributed by atoms with Crippen molar-refractivity contribution < 1.29 is 9.53 Å². The number of esters is 1. The van der Waals surface area contributed by atoms with E-state index in [4.69, 9.17) is 27.9 Å². The van der Waals surface area contributed by atoms with Gasteiger partial charge in [-0.3, -0.25) is 0 Å². The first kappa shape index (κ1) is 20.6. The number of benzene rings is 2. The fourth-order valence-corrected chi connectivity index (χ4v) is 3.22. The molecule has 0 bridgehead atoms. The number of nitrogens with zero attached hydrogens (tertiary/aromatic N) is 2. The molecule has 1 aliphatic heterocycles. The maximum atomic E-state index is 11.9. The van der Waals surface area contributed by atoms with Gasteiger partial charge in [0.2, 0.25) is 0 Å². The van der Waals surface area contributed by atoms with Crippen LogP contribution in [0.1, 0.15) is 35.3 Å². The molecule has 0 amide bonds. The molecule has 0 N–H and O–H groups in total. The topological polar surface area (TPSA) is 41.9 Å². The lowest BCUT2D eigenvalue weighted by atomic mass is 10.1. The maximum Gasteiger partial charge on any atom is 0.338 e. The number of halogens is 3. The van der Waals surface area contributed by atoms with Crippen molar-refractivity contribution in [1.29, 1.82) is 0 Å². The first-order valence-corrected chi connectivity index (χ1v) is 8.77. The molecular formula is C19H19Cl3N2O2. The van der Waals surface area contributed by atoms with Gasteiger partial charge in [-0.1, -0.05) is 29.3 Å². The lowest BCUT2D eigenvalue weighted by Gasteiger charge is -2.29. The van der Waals surface area contributed by atoms with Gasteiger partial charge in [0.1, 0.15) is 5.84 Å². The third-order valence-electron chi connectivity index (χ3n) is 4.07. The van der Waals surface area contributed by atoms with Gasteiger partial charge in [-0.15, -0.1) is 12.4 Å². The minimum absolute atomic E-state index is 0. The monoisotopic (exact) mass is 412 g/mol. The molecule has 7 heteroatoms. The summed E-state index contributed by atoms with van der Waals surface area (Å²) in [6.45, 7) is 5.38. The van der Waals surface area contributed by atoms with Crippen LogP contribution < -0.4 is 0 Å². The molecule has 0 spiro atoms. The second-order valence-electron chi connectivity index (χ2n) is 5.81. The molecule has 0 radical (unpaired) electrons. The second-order valence-corrected chi connectivity index (χ2v) is 6.66. The van der Waals surface area contributed by atoms with Crippen LogP contribution in [0.3, 0.4) is 0 Å². The molecular weight excluding hydrogens is 395 g/mol. The third kappa shape index (κ3) is 4.50. The Morgan fingerprint density at radius 1 is 1.23 bits per heavy atom. The Balaban J connectivity index is 0.00000243. The number of rotatable bonds is 4. The molecule has 0 fully saturated rings. The Kier molecular flexibility index (Phi) is 6.93. The van der Waals surface area contributed by atoms with E-state index >= 15 is 0 Å². The number of fused-ring (bicyclic) bond motifs is 1. The number of carbonyl (C=O) groups is 1. The quantitative estimate of drug-likeness (QED) is 0.607. The van der Waals surface area contributed by atoms with E-state index in [1.807, 2.05) is 31.2 Å². The van der Waals surface area contributed by atoms with Gasteiger partial charge < -0.3 is 9.64 Å². The van der Waals surface area contributed by atoms with Crippen molar-refractivity contribution >= 4 is 53.1 Å². The van der Waals surface area contributed by atoms with Gasteiger partial charge in [0.05, 0.1) is 17.9 Å². The van der Waals surface area contributed by atoms with Gasteiger partial charge in [0.15, 0.2) is 0 Å². The fourth-order valence-electron chi connectivity index (χ4n) is 2.75. The molecule has 1 aliphatic rings. The number of aliphatic imine (C=N–C) groups is 1. The summed E-state index contributed by atoms with van der Waals surface area (Å²) < 4.78 is 5.07. The highest BCUT2D eigenvalue weighted by molar-refractivity contribution is 6.35. The van der Waals surface area contributed by atoms with Crippen LogP contribution in [0.15, 0.2) is 41.4 Å². The minimum Gasteiger partial charge on any atom is -0.462 e. The molecule has 3 rings (SSSR count). The van der Waals surface area contributed by atoms with E-state index in [0.29, 0.717) is 35.3 Å². The summed E-state index contributed by atoms with van der Waals surface area (Å²) in [5.41, 5.74) is 3.38. The summed E-state index contributed by atoms with van der Waals surface area (Å²) in [5, 5.41) is 1.24. The number of hydrogen-bond donors (Lipinski definition) is 0. The first-order valence-electron chi connectivity index (χ1n) is 8.02. The van der Waals surface area contributed by atoms with Gasteiger partial charge in [-0.2, -0.15) is 0 Å². The molecule has 0 unspecified atom stereocenters. The SMILES string of the molecule is CCOC(=O)c1ccc2c(c1)CN(Cc1ccc(Cl)cc1Cl)C(C)=N2.Cl. The van der Waals surface area contributed by atoms with Gasteiger partial charge in [0.25, 0.3) is 0 Å².